The van der Waals surface area contributed by atoms with Crippen molar-refractivity contribution in [3.63, 3.8) is 0 Å². The third kappa shape index (κ3) is 4.37. The van der Waals surface area contributed by atoms with E-state index in [1.807, 2.05) is 0 Å². The van der Waals surface area contributed by atoms with Gasteiger partial charge >= 0.3 is 5.97 Å². The van der Waals surface area contributed by atoms with Crippen LogP contribution in [0.25, 0.3) is 0 Å². The Morgan fingerprint density at radius 2 is 1.85 bits per heavy atom. The molecule has 1 saturated heterocycles. The van der Waals surface area contributed by atoms with E-state index in [1.165, 1.54) is 18.4 Å². The fraction of sp³-hybridized carbons (Fsp3) is 0.889. The second-order valence-corrected chi connectivity index (χ2v) is 17.8. The lowest BCUT2D eigenvalue weighted by molar-refractivity contribution is -0.252. The number of nitrogen functional groups attached to an aromatic ring is 1. The topological polar surface area (TPSA) is 151 Å². The fourth-order valence-corrected chi connectivity index (χ4v) is 12.4. The van der Waals surface area contributed by atoms with Gasteiger partial charge in [0.05, 0.1) is 31.8 Å². The van der Waals surface area contributed by atoms with Crippen molar-refractivity contribution in [2.75, 3.05) is 25.6 Å². The summed E-state index contributed by atoms with van der Waals surface area (Å²) in [6.45, 7) is 17.9. The Balaban J connectivity index is 1.30. The fourth-order valence-electron chi connectivity index (χ4n) is 12.4. The van der Waals surface area contributed by atoms with Crippen molar-refractivity contribution in [3.8, 4) is 0 Å². The number of carboxylic acids is 1. The van der Waals surface area contributed by atoms with Crippen molar-refractivity contribution in [2.24, 2.45) is 68.3 Å². The molecule has 7 rings (SSSR count). The van der Waals surface area contributed by atoms with Crippen molar-refractivity contribution in [3.05, 3.63) is 11.6 Å². The normalized spacial score (nSPS) is 46.5. The lowest BCUT2D eigenvalue weighted by atomic mass is 9.34. The first-order chi connectivity index (χ1) is 21.6. The summed E-state index contributed by atoms with van der Waals surface area (Å²) in [5, 5.41) is 24.1. The lowest BCUT2D eigenvalue weighted by Crippen LogP contribution is -2.69. The van der Waals surface area contributed by atoms with Gasteiger partial charge in [-0.1, -0.05) is 65.2 Å². The van der Waals surface area contributed by atoms with E-state index >= 15 is 0 Å². The van der Waals surface area contributed by atoms with Crippen LogP contribution >= 0.6 is 0 Å². The zero-order valence-corrected chi connectivity index (χ0v) is 29.2. The summed E-state index contributed by atoms with van der Waals surface area (Å²) in [4.78, 5) is 15.1. The molecule has 2 bridgehead atoms. The Bertz CT molecular complexity index is 1390. The zero-order chi connectivity index (χ0) is 33.0. The monoisotopic (exact) mass is 638 g/mol. The van der Waals surface area contributed by atoms with Gasteiger partial charge in [-0.3, -0.25) is 4.79 Å². The summed E-state index contributed by atoms with van der Waals surface area (Å²) >= 11 is 0. The first kappa shape index (κ1) is 32.5. The molecule has 1 aliphatic heterocycles. The summed E-state index contributed by atoms with van der Waals surface area (Å²) in [7, 11) is 0. The van der Waals surface area contributed by atoms with Crippen LogP contribution in [0.2, 0.25) is 0 Å². The van der Waals surface area contributed by atoms with Crippen molar-refractivity contribution >= 4 is 11.9 Å². The molecular formula is C36H58N6O4. The van der Waals surface area contributed by atoms with E-state index in [2.05, 4.69) is 70.0 Å². The van der Waals surface area contributed by atoms with E-state index in [0.717, 1.165) is 38.5 Å². The molecule has 0 spiro atoms. The highest BCUT2D eigenvalue weighted by Crippen LogP contribution is 2.75. The molecule has 5 aliphatic carbocycles. The molecule has 0 unspecified atom stereocenters. The average molecular weight is 639 g/mol. The third-order valence-corrected chi connectivity index (χ3v) is 15.5. The molecule has 46 heavy (non-hydrogen) atoms. The van der Waals surface area contributed by atoms with E-state index < -0.39 is 11.9 Å². The van der Waals surface area contributed by atoms with Gasteiger partial charge in [0.15, 0.2) is 0 Å². The highest BCUT2D eigenvalue weighted by molar-refractivity contribution is 5.73. The van der Waals surface area contributed by atoms with E-state index in [1.54, 1.807) is 4.80 Å². The van der Waals surface area contributed by atoms with Crippen LogP contribution in [0.5, 0.6) is 0 Å². The van der Waals surface area contributed by atoms with Crippen LogP contribution in [0.1, 0.15) is 106 Å². The molecule has 0 aromatic carbocycles. The number of rotatable bonds is 8. The van der Waals surface area contributed by atoms with Gasteiger partial charge in [0.25, 0.3) is 5.95 Å². The van der Waals surface area contributed by atoms with Gasteiger partial charge < -0.3 is 26.0 Å². The van der Waals surface area contributed by atoms with E-state index in [0.29, 0.717) is 49.4 Å². The van der Waals surface area contributed by atoms with Gasteiger partial charge in [-0.05, 0) is 102 Å². The van der Waals surface area contributed by atoms with Crippen molar-refractivity contribution in [2.45, 2.75) is 118 Å². The molecule has 12 atom stereocenters. The number of hydrogen-bond acceptors (Lipinski definition) is 8. The molecule has 1 aromatic rings. The number of anilines is 1. The molecule has 2 heterocycles. The molecule has 5 fully saturated rings. The molecule has 0 amide bonds. The Labute approximate surface area is 274 Å². The Kier molecular flexibility index (Phi) is 7.58. The van der Waals surface area contributed by atoms with Crippen LogP contribution in [0.3, 0.4) is 0 Å². The number of nitrogens with zero attached hydrogens (tertiary/aromatic N) is 4. The number of ether oxygens (including phenoxy) is 2. The number of fused-ring (bicyclic) bond motifs is 3. The molecular weight excluding hydrogens is 580 g/mol. The number of nitrogens with two attached hydrogens (primary N) is 2. The number of allylic oxidation sites excluding steroid dienone is 1. The number of tetrazole rings is 1. The van der Waals surface area contributed by atoms with Gasteiger partial charge in [0, 0.05) is 16.9 Å². The maximum atomic E-state index is 13.4. The lowest BCUT2D eigenvalue weighted by Gasteiger charge is -2.71. The van der Waals surface area contributed by atoms with Crippen LogP contribution in [0.4, 0.5) is 5.95 Å². The maximum Gasteiger partial charge on any atom is 0.307 e. The Hall–Kier alpha value is -2.04. The van der Waals surface area contributed by atoms with Gasteiger partial charge in [-0.2, -0.15) is 4.80 Å². The van der Waals surface area contributed by atoms with Crippen molar-refractivity contribution in [1.29, 1.82) is 0 Å². The summed E-state index contributed by atoms with van der Waals surface area (Å²) in [6, 6.07) is -0.128. The van der Waals surface area contributed by atoms with Crippen molar-refractivity contribution < 1.29 is 19.4 Å². The first-order valence-electron chi connectivity index (χ1n) is 18.1. The first-order valence-corrected chi connectivity index (χ1v) is 18.1. The second-order valence-electron chi connectivity index (χ2n) is 17.8. The van der Waals surface area contributed by atoms with Gasteiger partial charge in [-0.25, -0.2) is 0 Å². The third-order valence-electron chi connectivity index (χ3n) is 15.5. The quantitative estimate of drug-likeness (QED) is 0.313. The second kappa shape index (κ2) is 10.7. The SMILES string of the molecule is CC(C)[C@@H](C)[C@@]1(C)CC[C@]2(C)[C@H]3CC[C@@H]4[C@@]5(COC[C@@]4(C)[C@@H](OC[C@H](N)C4CC4)[C@H](n4nnc(N)n4)C5)C3=CC[C@@]2(C)[C@@H]1C(=O)O. The molecule has 4 saturated carbocycles. The summed E-state index contributed by atoms with van der Waals surface area (Å²) in [5.41, 5.74) is 12.9. The highest BCUT2D eigenvalue weighted by Gasteiger charge is 2.72. The maximum absolute atomic E-state index is 13.4. The van der Waals surface area contributed by atoms with Crippen LogP contribution in [-0.2, 0) is 14.3 Å². The molecule has 256 valence electrons. The molecule has 0 radical (unpaired) electrons. The highest BCUT2D eigenvalue weighted by atomic mass is 16.5. The zero-order valence-electron chi connectivity index (χ0n) is 29.2. The Morgan fingerprint density at radius 3 is 2.48 bits per heavy atom. The number of carbonyl (C=O) groups is 1. The van der Waals surface area contributed by atoms with Crippen LogP contribution in [0, 0.1) is 62.6 Å². The summed E-state index contributed by atoms with van der Waals surface area (Å²) in [6.07, 6.45) is 10.3. The van der Waals surface area contributed by atoms with E-state index in [9.17, 15) is 9.90 Å². The number of aromatic nitrogens is 4. The minimum absolute atomic E-state index is 0.0289. The predicted molar refractivity (Wildman–Crippen MR) is 175 cm³/mol. The van der Waals surface area contributed by atoms with Crippen LogP contribution in [0.15, 0.2) is 11.6 Å². The van der Waals surface area contributed by atoms with Gasteiger partial charge in [0.2, 0.25) is 0 Å². The summed E-state index contributed by atoms with van der Waals surface area (Å²) < 4.78 is 13.5. The smallest absolute Gasteiger partial charge is 0.307 e. The van der Waals surface area contributed by atoms with Crippen molar-refractivity contribution in [1.82, 2.24) is 20.2 Å². The standard InChI is InChI=1S/C36H58N6O4/c1-20(2)21(3)32(4)14-15-34(6)23-10-11-27-33(5)18-45-19-36(27,24(23)12-13-35(34,7)28(32)30(43)44)16-26(42-40-31(38)39-41-42)29(33)46-17-25(37)22-8-9-22/h12,20-23,25-29H,8-11,13-19,37H2,1-7H3,(H2,38,40)(H,43,44)/t21-,23+,25+,26-,27+,28-,29+,32-,33-,34-,35+,36+/m1/s1. The number of carboxylic acid groups (broad SMARTS) is 1. The predicted octanol–water partition coefficient (Wildman–Crippen LogP) is 5.51. The molecule has 6 aliphatic rings. The summed E-state index contributed by atoms with van der Waals surface area (Å²) in [5.74, 6) is 1.08. The average Bonchev–Trinajstić information content (AvgIpc) is 3.76. The van der Waals surface area contributed by atoms with Crippen LogP contribution in [-0.4, -0.2) is 63.2 Å². The van der Waals surface area contributed by atoms with Gasteiger partial charge in [0.1, 0.15) is 6.04 Å². The molecule has 10 heteroatoms. The minimum Gasteiger partial charge on any atom is -0.481 e. The minimum atomic E-state index is -0.627. The molecule has 5 N–H and O–H groups in total. The number of aliphatic carboxylic acids is 1. The number of hydrogen-bond donors (Lipinski definition) is 3. The largest absolute Gasteiger partial charge is 0.481 e. The van der Waals surface area contributed by atoms with E-state index in [4.69, 9.17) is 20.9 Å². The Morgan fingerprint density at radius 1 is 1.11 bits per heavy atom. The van der Waals surface area contributed by atoms with Crippen LogP contribution < -0.4 is 11.5 Å². The molecule has 1 aromatic heterocycles. The van der Waals surface area contributed by atoms with Gasteiger partial charge in [-0.15, -0.1) is 5.10 Å². The molecule has 10 nitrogen and oxygen atoms in total. The van der Waals surface area contributed by atoms with E-state index in [-0.39, 0.29) is 51.2 Å².